The molecule has 1 saturated carbocycles. The summed E-state index contributed by atoms with van der Waals surface area (Å²) in [7, 11) is 0. The quantitative estimate of drug-likeness (QED) is 0.596. The Hall–Kier alpha value is -2.48. The van der Waals surface area contributed by atoms with Crippen LogP contribution in [0.4, 0.5) is 0 Å². The number of ether oxygens (including phenoxy) is 1. The summed E-state index contributed by atoms with van der Waals surface area (Å²) < 4.78 is 5.57. The summed E-state index contributed by atoms with van der Waals surface area (Å²) >= 11 is 0. The number of likely N-dealkylation sites (tertiary alicyclic amines) is 1. The van der Waals surface area contributed by atoms with Crippen LogP contribution in [-0.4, -0.2) is 72.2 Å². The summed E-state index contributed by atoms with van der Waals surface area (Å²) in [6, 6.07) is 14.4. The lowest BCUT2D eigenvalue weighted by Crippen LogP contribution is -2.59. The van der Waals surface area contributed by atoms with Crippen molar-refractivity contribution in [2.75, 3.05) is 45.9 Å². The van der Waals surface area contributed by atoms with Gasteiger partial charge in [-0.25, -0.2) is 0 Å². The Morgan fingerprint density at radius 3 is 2.49 bits per heavy atom. The number of morpholine rings is 1. The predicted octanol–water partition coefficient (Wildman–Crippen LogP) is 3.91. The monoisotopic (exact) mass is 506 g/mol. The lowest BCUT2D eigenvalue weighted by molar-refractivity contribution is -0.0361. The first-order valence-corrected chi connectivity index (χ1v) is 14.2. The zero-order valence-corrected chi connectivity index (χ0v) is 22.1. The molecular weight excluding hydrogens is 464 g/mol. The molecule has 1 amide bonds. The second-order valence-electron chi connectivity index (χ2n) is 11.1. The number of carbonyl (C=O) groups excluding carboxylic acids is 1. The molecule has 5 rings (SSSR count). The molecule has 37 heavy (non-hydrogen) atoms. The molecule has 2 saturated heterocycles. The van der Waals surface area contributed by atoms with Crippen LogP contribution in [0.2, 0.25) is 0 Å². The number of aromatic nitrogens is 1. The van der Waals surface area contributed by atoms with Crippen molar-refractivity contribution in [2.24, 2.45) is 0 Å². The highest BCUT2D eigenvalue weighted by Crippen LogP contribution is 2.34. The fraction of sp³-hybridized carbons (Fsp3) is 0.600. The van der Waals surface area contributed by atoms with Crippen LogP contribution in [0.25, 0.3) is 0 Å². The van der Waals surface area contributed by atoms with Gasteiger partial charge in [0.05, 0.1) is 13.2 Å². The number of carbonyl (C=O) groups is 1. The van der Waals surface area contributed by atoms with Crippen LogP contribution in [-0.2, 0) is 11.3 Å². The van der Waals surface area contributed by atoms with Crippen LogP contribution in [0.1, 0.15) is 78.9 Å². The lowest BCUT2D eigenvalue weighted by atomic mass is 9.79. The van der Waals surface area contributed by atoms with E-state index in [1.807, 2.05) is 6.07 Å². The SMILES string of the molecule is O=C(NCC1(N2CCOCC2)CCCCC1)c1ccc(CN2CCC[C@@H](c3ccccc3)CC2)[nH]c1=O. The minimum Gasteiger partial charge on any atom is -0.379 e. The number of amides is 1. The summed E-state index contributed by atoms with van der Waals surface area (Å²) in [5, 5.41) is 3.13. The molecule has 1 aromatic heterocycles. The summed E-state index contributed by atoms with van der Waals surface area (Å²) in [6.07, 6.45) is 9.27. The maximum absolute atomic E-state index is 13.1. The van der Waals surface area contributed by atoms with E-state index in [-0.39, 0.29) is 22.6 Å². The molecule has 1 aromatic carbocycles. The number of aromatic amines is 1. The highest BCUT2D eigenvalue weighted by Gasteiger charge is 2.39. The topological polar surface area (TPSA) is 77.7 Å². The van der Waals surface area contributed by atoms with Crippen LogP contribution >= 0.6 is 0 Å². The molecule has 3 aliphatic rings. The summed E-state index contributed by atoms with van der Waals surface area (Å²) in [6.45, 7) is 6.65. The molecule has 200 valence electrons. The Kier molecular flexibility index (Phi) is 8.74. The van der Waals surface area contributed by atoms with Gasteiger partial charge in [0.15, 0.2) is 0 Å². The largest absolute Gasteiger partial charge is 0.379 e. The summed E-state index contributed by atoms with van der Waals surface area (Å²) in [4.78, 5) is 33.9. The van der Waals surface area contributed by atoms with Gasteiger partial charge >= 0.3 is 0 Å². The van der Waals surface area contributed by atoms with Gasteiger partial charge in [0.2, 0.25) is 0 Å². The number of pyridine rings is 1. The van der Waals surface area contributed by atoms with Gasteiger partial charge in [-0.2, -0.15) is 0 Å². The molecule has 0 unspecified atom stereocenters. The Balaban J connectivity index is 1.18. The number of hydrogen-bond acceptors (Lipinski definition) is 5. The van der Waals surface area contributed by atoms with E-state index in [9.17, 15) is 9.59 Å². The fourth-order valence-corrected chi connectivity index (χ4v) is 6.59. The van der Waals surface area contributed by atoms with Gasteiger partial charge in [-0.3, -0.25) is 19.4 Å². The van der Waals surface area contributed by atoms with Crippen LogP contribution in [0, 0.1) is 0 Å². The van der Waals surface area contributed by atoms with Crippen molar-refractivity contribution in [3.05, 3.63) is 69.6 Å². The van der Waals surface area contributed by atoms with Crippen molar-refractivity contribution < 1.29 is 9.53 Å². The molecule has 3 fully saturated rings. The number of hydrogen-bond donors (Lipinski definition) is 2. The number of nitrogens with one attached hydrogen (secondary N) is 2. The molecule has 2 aliphatic heterocycles. The summed E-state index contributed by atoms with van der Waals surface area (Å²) in [5.74, 6) is 0.327. The molecule has 1 aliphatic carbocycles. The number of H-pyrrole nitrogens is 1. The highest BCUT2D eigenvalue weighted by molar-refractivity contribution is 5.93. The van der Waals surface area contributed by atoms with E-state index in [0.717, 1.165) is 70.8 Å². The van der Waals surface area contributed by atoms with Crippen molar-refractivity contribution in [3.63, 3.8) is 0 Å². The van der Waals surface area contributed by atoms with Crippen molar-refractivity contribution in [1.29, 1.82) is 0 Å². The first-order chi connectivity index (χ1) is 18.1. The van der Waals surface area contributed by atoms with Gasteiger partial charge in [0.25, 0.3) is 11.5 Å². The minimum atomic E-state index is -0.295. The van der Waals surface area contributed by atoms with E-state index in [1.54, 1.807) is 6.07 Å². The van der Waals surface area contributed by atoms with Gasteiger partial charge in [0.1, 0.15) is 5.56 Å². The van der Waals surface area contributed by atoms with E-state index in [1.165, 1.54) is 31.2 Å². The van der Waals surface area contributed by atoms with Crippen LogP contribution in [0.15, 0.2) is 47.3 Å². The van der Waals surface area contributed by atoms with E-state index in [2.05, 4.69) is 50.4 Å². The van der Waals surface area contributed by atoms with E-state index in [0.29, 0.717) is 19.0 Å². The second-order valence-corrected chi connectivity index (χ2v) is 11.1. The van der Waals surface area contributed by atoms with Crippen molar-refractivity contribution in [1.82, 2.24) is 20.1 Å². The third-order valence-corrected chi connectivity index (χ3v) is 8.74. The third kappa shape index (κ3) is 6.51. The average molecular weight is 507 g/mol. The maximum atomic E-state index is 13.1. The third-order valence-electron chi connectivity index (χ3n) is 8.74. The molecule has 3 heterocycles. The standard InChI is InChI=1S/C30H42N4O3/c35-28(31-23-30(14-5-2-6-15-30)34-18-20-37-21-19-34)27-12-11-26(32-29(27)36)22-33-16-7-10-25(13-17-33)24-8-3-1-4-9-24/h1,3-4,8-9,11-12,25H,2,5-7,10,13-23H2,(H,31,35)(H,32,36)/t25-/m1/s1. The molecule has 1 atom stereocenters. The Morgan fingerprint density at radius 1 is 0.946 bits per heavy atom. The predicted molar refractivity (Wildman–Crippen MR) is 146 cm³/mol. The van der Waals surface area contributed by atoms with Gasteiger partial charge < -0.3 is 15.0 Å². The zero-order valence-electron chi connectivity index (χ0n) is 22.1. The fourth-order valence-electron chi connectivity index (χ4n) is 6.59. The number of rotatable bonds is 7. The van der Waals surface area contributed by atoms with Gasteiger partial charge in [-0.1, -0.05) is 49.6 Å². The first kappa shape index (κ1) is 26.1. The number of benzene rings is 1. The van der Waals surface area contributed by atoms with Crippen LogP contribution in [0.3, 0.4) is 0 Å². The molecule has 0 radical (unpaired) electrons. The Morgan fingerprint density at radius 2 is 1.73 bits per heavy atom. The molecule has 0 bridgehead atoms. The van der Waals surface area contributed by atoms with Gasteiger partial charge in [0, 0.05) is 37.4 Å². The van der Waals surface area contributed by atoms with E-state index >= 15 is 0 Å². The molecule has 7 nitrogen and oxygen atoms in total. The van der Waals surface area contributed by atoms with Crippen molar-refractivity contribution in [3.8, 4) is 0 Å². The highest BCUT2D eigenvalue weighted by atomic mass is 16.5. The minimum absolute atomic E-state index is 0.0191. The summed E-state index contributed by atoms with van der Waals surface area (Å²) in [5.41, 5.74) is 2.19. The smallest absolute Gasteiger partial charge is 0.261 e. The average Bonchev–Trinajstić information content (AvgIpc) is 3.19. The van der Waals surface area contributed by atoms with Gasteiger partial charge in [-0.15, -0.1) is 0 Å². The van der Waals surface area contributed by atoms with Crippen molar-refractivity contribution in [2.45, 2.75) is 69.4 Å². The zero-order chi connectivity index (χ0) is 25.5. The maximum Gasteiger partial charge on any atom is 0.261 e. The molecule has 2 aromatic rings. The normalized spacial score (nSPS) is 23.3. The molecule has 0 spiro atoms. The molecular formula is C30H42N4O3. The van der Waals surface area contributed by atoms with Gasteiger partial charge in [-0.05, 0) is 68.8 Å². The van der Waals surface area contributed by atoms with E-state index < -0.39 is 0 Å². The lowest BCUT2D eigenvalue weighted by Gasteiger charge is -2.48. The van der Waals surface area contributed by atoms with Crippen LogP contribution < -0.4 is 10.9 Å². The Labute approximate surface area is 220 Å². The van der Waals surface area contributed by atoms with E-state index in [4.69, 9.17) is 4.74 Å². The van der Waals surface area contributed by atoms with Crippen molar-refractivity contribution >= 4 is 5.91 Å². The second kappa shape index (κ2) is 12.4. The van der Waals surface area contributed by atoms with Crippen LogP contribution in [0.5, 0.6) is 0 Å². The molecule has 2 N–H and O–H groups in total. The first-order valence-electron chi connectivity index (χ1n) is 14.2. The Bertz CT molecular complexity index is 1070. The molecule has 7 heteroatoms. The number of nitrogens with zero attached hydrogens (tertiary/aromatic N) is 2.